The van der Waals surface area contributed by atoms with E-state index in [1.165, 1.54) is 6.20 Å². The highest BCUT2D eigenvalue weighted by atomic mass is 32.2. The standard InChI is InChI=1S/C14H24N4O2S/c1-4-17(5-2)12-7-9-18(11-12)21(19,20)13-6-8-16-14(10-13)15-3/h6,8,10,12H,4-5,7,9,11H2,1-3H3,(H,15,16). The van der Waals surface area contributed by atoms with Gasteiger partial charge in [-0.3, -0.25) is 4.90 Å². The normalized spacial score (nSPS) is 20.1. The second-order valence-corrected chi connectivity index (χ2v) is 7.09. The average molecular weight is 312 g/mol. The Hall–Kier alpha value is -1.18. The van der Waals surface area contributed by atoms with Crippen molar-refractivity contribution in [2.24, 2.45) is 0 Å². The zero-order valence-corrected chi connectivity index (χ0v) is 13.7. The summed E-state index contributed by atoms with van der Waals surface area (Å²) in [4.78, 5) is 6.69. The molecule has 1 fully saturated rings. The SMILES string of the molecule is CCN(CC)C1CCN(S(=O)(=O)c2ccnc(NC)c2)C1. The zero-order chi connectivity index (χ0) is 15.5. The van der Waals surface area contributed by atoms with Crippen molar-refractivity contribution in [3.63, 3.8) is 0 Å². The molecule has 1 N–H and O–H groups in total. The molecule has 6 nitrogen and oxygen atoms in total. The fourth-order valence-electron chi connectivity index (χ4n) is 2.82. The van der Waals surface area contributed by atoms with Crippen LogP contribution in [0.3, 0.4) is 0 Å². The number of anilines is 1. The molecule has 0 bridgehead atoms. The number of pyridine rings is 1. The predicted molar refractivity (Wildman–Crippen MR) is 83.9 cm³/mol. The Morgan fingerprint density at radius 3 is 2.76 bits per heavy atom. The molecule has 1 saturated heterocycles. The maximum Gasteiger partial charge on any atom is 0.243 e. The van der Waals surface area contributed by atoms with Gasteiger partial charge in [0.25, 0.3) is 0 Å². The Labute approximate surface area is 127 Å². The largest absolute Gasteiger partial charge is 0.373 e. The Kier molecular flexibility index (Phi) is 5.18. The molecule has 1 aliphatic heterocycles. The fraction of sp³-hybridized carbons (Fsp3) is 0.643. The Morgan fingerprint density at radius 1 is 1.43 bits per heavy atom. The summed E-state index contributed by atoms with van der Waals surface area (Å²) in [6.45, 7) is 7.29. The van der Waals surface area contributed by atoms with Crippen LogP contribution in [0.25, 0.3) is 0 Å². The number of sulfonamides is 1. The molecule has 2 heterocycles. The van der Waals surface area contributed by atoms with Crippen LogP contribution < -0.4 is 5.32 Å². The minimum absolute atomic E-state index is 0.307. The molecule has 7 heteroatoms. The third-order valence-electron chi connectivity index (χ3n) is 4.08. The Morgan fingerprint density at radius 2 is 2.14 bits per heavy atom. The molecule has 0 spiro atoms. The molecule has 1 aromatic rings. The van der Waals surface area contributed by atoms with Gasteiger partial charge in [-0.1, -0.05) is 13.8 Å². The summed E-state index contributed by atoms with van der Waals surface area (Å²) in [5.74, 6) is 0.565. The highest BCUT2D eigenvalue weighted by Crippen LogP contribution is 2.24. The second kappa shape index (κ2) is 6.72. The Bertz CT molecular complexity index is 572. The van der Waals surface area contributed by atoms with E-state index in [0.29, 0.717) is 29.8 Å². The number of aromatic nitrogens is 1. The molecule has 118 valence electrons. The molecule has 1 aromatic heterocycles. The highest BCUT2D eigenvalue weighted by molar-refractivity contribution is 7.89. The molecular weight excluding hydrogens is 288 g/mol. The van der Waals surface area contributed by atoms with Gasteiger partial charge in [-0.2, -0.15) is 4.31 Å². The maximum atomic E-state index is 12.7. The van der Waals surface area contributed by atoms with Crippen LogP contribution >= 0.6 is 0 Å². The minimum Gasteiger partial charge on any atom is -0.373 e. The van der Waals surface area contributed by atoms with Crippen molar-refractivity contribution < 1.29 is 8.42 Å². The van der Waals surface area contributed by atoms with E-state index < -0.39 is 10.0 Å². The smallest absolute Gasteiger partial charge is 0.243 e. The van der Waals surface area contributed by atoms with Crippen LogP contribution in [0.15, 0.2) is 23.2 Å². The third kappa shape index (κ3) is 3.36. The second-order valence-electron chi connectivity index (χ2n) is 5.15. The predicted octanol–water partition coefficient (Wildman–Crippen LogP) is 1.23. The Balaban J connectivity index is 2.17. The van der Waals surface area contributed by atoms with Crippen LogP contribution in [0.5, 0.6) is 0 Å². The number of likely N-dealkylation sites (N-methyl/N-ethyl adjacent to an activating group) is 1. The lowest BCUT2D eigenvalue weighted by molar-refractivity contribution is 0.224. The van der Waals surface area contributed by atoms with Gasteiger partial charge >= 0.3 is 0 Å². The van der Waals surface area contributed by atoms with Gasteiger partial charge in [-0.15, -0.1) is 0 Å². The summed E-state index contributed by atoms with van der Waals surface area (Å²) in [6.07, 6.45) is 2.42. The topological polar surface area (TPSA) is 65.5 Å². The van der Waals surface area contributed by atoms with Gasteiger partial charge in [0.2, 0.25) is 10.0 Å². The van der Waals surface area contributed by atoms with Crippen LogP contribution in [0.1, 0.15) is 20.3 Å². The van der Waals surface area contributed by atoms with Crippen molar-refractivity contribution >= 4 is 15.8 Å². The van der Waals surface area contributed by atoms with E-state index in [2.05, 4.69) is 29.0 Å². The van der Waals surface area contributed by atoms with Gasteiger partial charge < -0.3 is 5.32 Å². The van der Waals surface area contributed by atoms with Crippen LogP contribution in [-0.2, 0) is 10.0 Å². The number of nitrogens with zero attached hydrogens (tertiary/aromatic N) is 3. The van der Waals surface area contributed by atoms with E-state index in [0.717, 1.165) is 19.5 Å². The molecule has 21 heavy (non-hydrogen) atoms. The average Bonchev–Trinajstić information content (AvgIpc) is 2.99. The van der Waals surface area contributed by atoms with Crippen molar-refractivity contribution in [3.05, 3.63) is 18.3 Å². The molecule has 1 atom stereocenters. The van der Waals surface area contributed by atoms with Gasteiger partial charge in [0.1, 0.15) is 5.82 Å². The summed E-state index contributed by atoms with van der Waals surface area (Å²) in [5, 5.41) is 2.87. The number of rotatable bonds is 6. The molecule has 0 radical (unpaired) electrons. The van der Waals surface area contributed by atoms with Crippen LogP contribution in [0, 0.1) is 0 Å². The lowest BCUT2D eigenvalue weighted by Gasteiger charge is -2.26. The quantitative estimate of drug-likeness (QED) is 0.856. The van der Waals surface area contributed by atoms with Crippen LogP contribution in [0.2, 0.25) is 0 Å². The van der Waals surface area contributed by atoms with E-state index >= 15 is 0 Å². The van der Waals surface area contributed by atoms with Crippen LogP contribution in [0.4, 0.5) is 5.82 Å². The number of hydrogen-bond acceptors (Lipinski definition) is 5. The lowest BCUT2D eigenvalue weighted by Crippen LogP contribution is -2.38. The summed E-state index contributed by atoms with van der Waals surface area (Å²) < 4.78 is 27.0. The minimum atomic E-state index is -3.43. The van der Waals surface area contributed by atoms with Gasteiger partial charge in [0.15, 0.2) is 0 Å². The van der Waals surface area contributed by atoms with Crippen molar-refractivity contribution in [2.45, 2.75) is 31.2 Å². The molecule has 1 unspecified atom stereocenters. The molecule has 0 amide bonds. The zero-order valence-electron chi connectivity index (χ0n) is 12.9. The lowest BCUT2D eigenvalue weighted by atomic mass is 10.2. The van der Waals surface area contributed by atoms with Gasteiger partial charge in [-0.25, -0.2) is 13.4 Å². The molecular formula is C14H24N4O2S. The first kappa shape index (κ1) is 16.2. The van der Waals surface area contributed by atoms with E-state index in [4.69, 9.17) is 0 Å². The van der Waals surface area contributed by atoms with Crippen molar-refractivity contribution in [1.29, 1.82) is 0 Å². The van der Waals surface area contributed by atoms with Gasteiger partial charge in [-0.05, 0) is 25.6 Å². The monoisotopic (exact) mass is 312 g/mol. The first-order valence-electron chi connectivity index (χ1n) is 7.41. The number of hydrogen-bond donors (Lipinski definition) is 1. The van der Waals surface area contributed by atoms with Gasteiger partial charge in [0.05, 0.1) is 4.90 Å². The van der Waals surface area contributed by atoms with Crippen LogP contribution in [-0.4, -0.2) is 61.9 Å². The van der Waals surface area contributed by atoms with E-state index in [1.807, 2.05) is 0 Å². The van der Waals surface area contributed by atoms with E-state index in [-0.39, 0.29) is 0 Å². The maximum absolute atomic E-state index is 12.7. The first-order chi connectivity index (χ1) is 10.0. The summed E-state index contributed by atoms with van der Waals surface area (Å²) in [5.41, 5.74) is 0. The van der Waals surface area contributed by atoms with E-state index in [1.54, 1.807) is 23.5 Å². The van der Waals surface area contributed by atoms with Crippen molar-refractivity contribution in [3.8, 4) is 0 Å². The molecule has 0 saturated carbocycles. The summed E-state index contributed by atoms with van der Waals surface area (Å²) >= 11 is 0. The third-order valence-corrected chi connectivity index (χ3v) is 5.94. The summed E-state index contributed by atoms with van der Waals surface area (Å²) in [6, 6.07) is 3.46. The molecule has 0 aromatic carbocycles. The highest BCUT2D eigenvalue weighted by Gasteiger charge is 2.34. The number of nitrogens with one attached hydrogen (secondary N) is 1. The molecule has 2 rings (SSSR count). The van der Waals surface area contributed by atoms with Gasteiger partial charge in [0, 0.05) is 38.4 Å². The van der Waals surface area contributed by atoms with E-state index in [9.17, 15) is 8.42 Å². The van der Waals surface area contributed by atoms with Crippen molar-refractivity contribution in [1.82, 2.24) is 14.2 Å². The summed E-state index contributed by atoms with van der Waals surface area (Å²) in [7, 11) is -1.70. The van der Waals surface area contributed by atoms with Crippen molar-refractivity contribution in [2.75, 3.05) is 38.5 Å². The fourth-order valence-corrected chi connectivity index (χ4v) is 4.33. The first-order valence-corrected chi connectivity index (χ1v) is 8.85. The molecule has 0 aliphatic carbocycles. The molecule has 1 aliphatic rings.